The summed E-state index contributed by atoms with van der Waals surface area (Å²) < 4.78 is 0. The fraction of sp³-hybridized carbons (Fsp3) is 0.385. The number of rotatable bonds is 4. The van der Waals surface area contributed by atoms with Gasteiger partial charge >= 0.3 is 0 Å². The molecule has 0 saturated heterocycles. The number of hydrogen-bond donors (Lipinski definition) is 1. The molecule has 0 aromatic carbocycles. The molecule has 0 saturated carbocycles. The Bertz CT molecular complexity index is 416. The smallest absolute Gasteiger partial charge is 0.0684 e. The molecule has 16 heavy (non-hydrogen) atoms. The van der Waals surface area contributed by atoms with Crippen molar-refractivity contribution >= 4 is 22.7 Å². The Labute approximate surface area is 105 Å². The lowest BCUT2D eigenvalue weighted by atomic mass is 10.0. The van der Waals surface area contributed by atoms with Gasteiger partial charge in [-0.25, -0.2) is 0 Å². The predicted molar refractivity (Wildman–Crippen MR) is 73.6 cm³/mol. The molecule has 2 aromatic rings. The van der Waals surface area contributed by atoms with Crippen LogP contribution in [0, 0.1) is 13.8 Å². The summed E-state index contributed by atoms with van der Waals surface area (Å²) in [5, 5.41) is 7.94. The first-order valence-corrected chi connectivity index (χ1v) is 7.31. The maximum absolute atomic E-state index is 3.59. The topological polar surface area (TPSA) is 12.0 Å². The maximum atomic E-state index is 3.59. The van der Waals surface area contributed by atoms with Crippen molar-refractivity contribution in [1.29, 1.82) is 0 Å². The van der Waals surface area contributed by atoms with E-state index in [2.05, 4.69) is 49.0 Å². The van der Waals surface area contributed by atoms with Crippen molar-refractivity contribution in [2.24, 2.45) is 0 Å². The van der Waals surface area contributed by atoms with Gasteiger partial charge in [0.2, 0.25) is 0 Å². The first kappa shape index (κ1) is 11.8. The minimum absolute atomic E-state index is 0.372. The molecule has 0 bridgehead atoms. The summed E-state index contributed by atoms with van der Waals surface area (Å²) in [5.74, 6) is 0. The SMILES string of the molecule is CCNC(c1ccsc1C)c1sccc1C. The standard InChI is InChI=1S/C13H17NS2/c1-4-14-12(11-6-8-15-10(11)3)13-9(2)5-7-16-13/h5-8,12,14H,4H2,1-3H3. The lowest BCUT2D eigenvalue weighted by Crippen LogP contribution is -2.21. The van der Waals surface area contributed by atoms with Crippen LogP contribution in [0.2, 0.25) is 0 Å². The lowest BCUT2D eigenvalue weighted by molar-refractivity contribution is 0.636. The molecule has 1 unspecified atom stereocenters. The highest BCUT2D eigenvalue weighted by atomic mass is 32.1. The second kappa shape index (κ2) is 5.13. The van der Waals surface area contributed by atoms with E-state index in [4.69, 9.17) is 0 Å². The zero-order valence-corrected chi connectivity index (χ0v) is 11.5. The van der Waals surface area contributed by atoms with E-state index in [1.165, 1.54) is 20.9 Å². The van der Waals surface area contributed by atoms with Gasteiger partial charge in [0, 0.05) is 9.75 Å². The van der Waals surface area contributed by atoms with Gasteiger partial charge in [0.1, 0.15) is 0 Å². The van der Waals surface area contributed by atoms with E-state index in [0.717, 1.165) is 6.54 Å². The van der Waals surface area contributed by atoms with E-state index >= 15 is 0 Å². The van der Waals surface area contributed by atoms with Gasteiger partial charge in [-0.15, -0.1) is 22.7 Å². The van der Waals surface area contributed by atoms with Crippen LogP contribution >= 0.6 is 22.7 Å². The number of hydrogen-bond acceptors (Lipinski definition) is 3. The molecule has 2 aromatic heterocycles. The first-order chi connectivity index (χ1) is 7.74. The second-order valence-electron chi connectivity index (χ2n) is 3.89. The third kappa shape index (κ3) is 2.21. The monoisotopic (exact) mass is 251 g/mol. The van der Waals surface area contributed by atoms with Gasteiger partial charge in [-0.1, -0.05) is 6.92 Å². The fourth-order valence-corrected chi connectivity index (χ4v) is 3.68. The minimum Gasteiger partial charge on any atom is -0.306 e. The van der Waals surface area contributed by atoms with Crippen LogP contribution in [-0.4, -0.2) is 6.54 Å². The van der Waals surface area contributed by atoms with Gasteiger partial charge in [0.15, 0.2) is 0 Å². The third-order valence-corrected chi connectivity index (χ3v) is 4.73. The van der Waals surface area contributed by atoms with Crippen LogP contribution in [0.1, 0.15) is 33.8 Å². The summed E-state index contributed by atoms with van der Waals surface area (Å²) in [6.45, 7) is 7.56. The molecule has 0 aliphatic carbocycles. The summed E-state index contributed by atoms with van der Waals surface area (Å²) >= 11 is 3.67. The van der Waals surface area contributed by atoms with Gasteiger partial charge in [0.05, 0.1) is 6.04 Å². The molecule has 1 N–H and O–H groups in total. The minimum atomic E-state index is 0.372. The molecule has 0 aliphatic rings. The van der Waals surface area contributed by atoms with Crippen molar-refractivity contribution in [2.75, 3.05) is 6.54 Å². The summed E-state index contributed by atoms with van der Waals surface area (Å²) in [4.78, 5) is 2.86. The normalized spacial score (nSPS) is 12.9. The summed E-state index contributed by atoms with van der Waals surface area (Å²) in [5.41, 5.74) is 2.82. The first-order valence-electron chi connectivity index (χ1n) is 5.55. The van der Waals surface area contributed by atoms with E-state index in [1.54, 1.807) is 0 Å². The largest absolute Gasteiger partial charge is 0.306 e. The molecule has 0 radical (unpaired) electrons. The van der Waals surface area contributed by atoms with Crippen LogP contribution in [0.15, 0.2) is 22.9 Å². The molecular weight excluding hydrogens is 234 g/mol. The van der Waals surface area contributed by atoms with Crippen molar-refractivity contribution < 1.29 is 0 Å². The summed E-state index contributed by atoms with van der Waals surface area (Å²) in [6.07, 6.45) is 0. The van der Waals surface area contributed by atoms with Crippen LogP contribution in [0.3, 0.4) is 0 Å². The molecule has 2 heterocycles. The molecular formula is C13H17NS2. The van der Waals surface area contributed by atoms with Gasteiger partial charge in [-0.05, 0) is 54.4 Å². The van der Waals surface area contributed by atoms with Gasteiger partial charge in [0.25, 0.3) is 0 Å². The van der Waals surface area contributed by atoms with E-state index in [1.807, 2.05) is 22.7 Å². The van der Waals surface area contributed by atoms with Gasteiger partial charge in [-0.3, -0.25) is 0 Å². The van der Waals surface area contributed by atoms with Crippen LogP contribution in [0.5, 0.6) is 0 Å². The van der Waals surface area contributed by atoms with Gasteiger partial charge < -0.3 is 5.32 Å². The second-order valence-corrected chi connectivity index (χ2v) is 5.96. The molecule has 0 amide bonds. The molecule has 2 rings (SSSR count). The molecule has 86 valence electrons. The van der Waals surface area contributed by atoms with Crippen molar-refractivity contribution in [3.8, 4) is 0 Å². The number of aryl methyl sites for hydroxylation is 2. The Kier molecular flexibility index (Phi) is 3.79. The van der Waals surface area contributed by atoms with Crippen LogP contribution < -0.4 is 5.32 Å². The van der Waals surface area contributed by atoms with Gasteiger partial charge in [-0.2, -0.15) is 0 Å². The average molecular weight is 251 g/mol. The van der Waals surface area contributed by atoms with Crippen LogP contribution in [0.25, 0.3) is 0 Å². The zero-order chi connectivity index (χ0) is 11.5. The van der Waals surface area contributed by atoms with Crippen molar-refractivity contribution in [3.63, 3.8) is 0 Å². The highest BCUT2D eigenvalue weighted by Crippen LogP contribution is 2.32. The lowest BCUT2D eigenvalue weighted by Gasteiger charge is -2.17. The highest BCUT2D eigenvalue weighted by molar-refractivity contribution is 7.10. The summed E-state index contributed by atoms with van der Waals surface area (Å²) in [7, 11) is 0. The fourth-order valence-electron chi connectivity index (χ4n) is 1.92. The highest BCUT2D eigenvalue weighted by Gasteiger charge is 2.18. The third-order valence-electron chi connectivity index (χ3n) is 2.78. The van der Waals surface area contributed by atoms with E-state index in [9.17, 15) is 0 Å². The Morgan fingerprint density at radius 3 is 2.44 bits per heavy atom. The quantitative estimate of drug-likeness (QED) is 0.861. The Morgan fingerprint density at radius 1 is 1.19 bits per heavy atom. The molecule has 0 spiro atoms. The van der Waals surface area contributed by atoms with Crippen molar-refractivity contribution in [1.82, 2.24) is 5.32 Å². The van der Waals surface area contributed by atoms with Crippen LogP contribution in [-0.2, 0) is 0 Å². The Hall–Kier alpha value is -0.640. The average Bonchev–Trinajstić information content (AvgIpc) is 2.84. The maximum Gasteiger partial charge on any atom is 0.0684 e. The van der Waals surface area contributed by atoms with E-state index < -0.39 is 0 Å². The Balaban J connectivity index is 2.39. The number of nitrogens with one attached hydrogen (secondary N) is 1. The summed E-state index contributed by atoms with van der Waals surface area (Å²) in [6, 6.07) is 4.81. The molecule has 3 heteroatoms. The molecule has 1 nitrogen and oxygen atoms in total. The zero-order valence-electron chi connectivity index (χ0n) is 9.91. The predicted octanol–water partition coefficient (Wildman–Crippen LogP) is 4.13. The molecule has 0 aliphatic heterocycles. The molecule has 0 fully saturated rings. The number of thiophene rings is 2. The Morgan fingerprint density at radius 2 is 1.94 bits per heavy atom. The van der Waals surface area contributed by atoms with E-state index in [-0.39, 0.29) is 0 Å². The van der Waals surface area contributed by atoms with E-state index in [0.29, 0.717) is 6.04 Å². The molecule has 1 atom stereocenters. The van der Waals surface area contributed by atoms with Crippen molar-refractivity contribution in [3.05, 3.63) is 43.8 Å². The van der Waals surface area contributed by atoms with Crippen molar-refractivity contribution in [2.45, 2.75) is 26.8 Å². The van der Waals surface area contributed by atoms with Crippen LogP contribution in [0.4, 0.5) is 0 Å².